The van der Waals surface area contributed by atoms with Crippen molar-refractivity contribution in [3.05, 3.63) is 86.9 Å². The highest BCUT2D eigenvalue weighted by Crippen LogP contribution is 2.45. The Morgan fingerprint density at radius 3 is 2.46 bits per heavy atom. The first-order valence-electron chi connectivity index (χ1n) is 8.12. The highest BCUT2D eigenvalue weighted by Gasteiger charge is 2.41. The maximum Gasteiger partial charge on any atom is 0.416 e. The zero-order valence-corrected chi connectivity index (χ0v) is 14.1. The van der Waals surface area contributed by atoms with Crippen molar-refractivity contribution in [3.63, 3.8) is 0 Å². The van der Waals surface area contributed by atoms with Crippen molar-refractivity contribution < 1.29 is 22.3 Å². The van der Waals surface area contributed by atoms with E-state index < -0.39 is 29.0 Å². The molecule has 0 fully saturated rings. The number of para-hydroxylation sites is 1. The third kappa shape index (κ3) is 2.60. The van der Waals surface area contributed by atoms with Crippen molar-refractivity contribution >= 4 is 11.0 Å². The van der Waals surface area contributed by atoms with Crippen molar-refractivity contribution in [2.24, 2.45) is 5.73 Å². The molecule has 2 N–H and O–H groups in total. The number of alkyl halides is 3. The summed E-state index contributed by atoms with van der Waals surface area (Å²) in [7, 11) is 0. The monoisotopic (exact) mass is 384 g/mol. The number of allylic oxidation sites excluding steroid dienone is 1. The van der Waals surface area contributed by atoms with Crippen LogP contribution in [0.5, 0.6) is 5.95 Å². The molecule has 8 heteroatoms. The van der Waals surface area contributed by atoms with E-state index in [1.54, 1.807) is 18.2 Å². The molecular formula is C20H11F3N2O3. The second kappa shape index (κ2) is 6.16. The van der Waals surface area contributed by atoms with Crippen LogP contribution in [0.4, 0.5) is 13.2 Å². The van der Waals surface area contributed by atoms with E-state index in [1.165, 1.54) is 30.3 Å². The fraction of sp³-hybridized carbons (Fsp3) is 0.100. The third-order valence-electron chi connectivity index (χ3n) is 4.54. The molecule has 0 saturated carbocycles. The molecular weight excluding hydrogens is 373 g/mol. The van der Waals surface area contributed by atoms with Gasteiger partial charge in [-0.1, -0.05) is 30.3 Å². The molecule has 1 aliphatic heterocycles. The van der Waals surface area contributed by atoms with Gasteiger partial charge < -0.3 is 14.9 Å². The van der Waals surface area contributed by atoms with Gasteiger partial charge in [0.1, 0.15) is 17.2 Å². The SMILES string of the molecule is N#CC1=C(N)Oc2oc3ccccc3c(=O)c2C1c1ccccc1C(F)(F)F. The number of hydrogen-bond donors (Lipinski definition) is 1. The number of nitriles is 1. The van der Waals surface area contributed by atoms with Crippen molar-refractivity contribution in [1.29, 1.82) is 5.26 Å². The molecule has 0 bridgehead atoms. The number of benzene rings is 2. The van der Waals surface area contributed by atoms with Crippen LogP contribution in [-0.2, 0) is 6.18 Å². The zero-order valence-electron chi connectivity index (χ0n) is 14.1. The Hall–Kier alpha value is -3.73. The van der Waals surface area contributed by atoms with Crippen LogP contribution in [-0.4, -0.2) is 0 Å². The molecule has 0 aliphatic carbocycles. The normalized spacial score (nSPS) is 16.4. The molecule has 28 heavy (non-hydrogen) atoms. The molecule has 0 spiro atoms. The quantitative estimate of drug-likeness (QED) is 0.684. The van der Waals surface area contributed by atoms with Gasteiger partial charge in [0.05, 0.1) is 22.4 Å². The van der Waals surface area contributed by atoms with Crippen molar-refractivity contribution in [3.8, 4) is 12.0 Å². The minimum atomic E-state index is -4.69. The van der Waals surface area contributed by atoms with Crippen LogP contribution in [0.15, 0.2) is 69.2 Å². The highest BCUT2D eigenvalue weighted by molar-refractivity contribution is 5.78. The Morgan fingerprint density at radius 1 is 1.07 bits per heavy atom. The van der Waals surface area contributed by atoms with Crippen molar-refractivity contribution in [1.82, 2.24) is 0 Å². The molecule has 0 saturated heterocycles. The van der Waals surface area contributed by atoms with Crippen LogP contribution in [0.25, 0.3) is 11.0 Å². The first kappa shape index (κ1) is 17.7. The summed E-state index contributed by atoms with van der Waals surface area (Å²) in [6, 6.07) is 12.8. The van der Waals surface area contributed by atoms with E-state index in [1.807, 2.05) is 0 Å². The van der Waals surface area contributed by atoms with Gasteiger partial charge in [-0.15, -0.1) is 0 Å². The van der Waals surface area contributed by atoms with Gasteiger partial charge in [-0.25, -0.2) is 0 Å². The maximum atomic E-state index is 13.6. The largest absolute Gasteiger partial charge is 0.425 e. The summed E-state index contributed by atoms with van der Waals surface area (Å²) in [6.45, 7) is 0. The highest BCUT2D eigenvalue weighted by atomic mass is 19.4. The molecule has 1 aromatic heterocycles. The molecule has 140 valence electrons. The average molecular weight is 384 g/mol. The fourth-order valence-electron chi connectivity index (χ4n) is 3.34. The molecule has 2 heterocycles. The van der Waals surface area contributed by atoms with E-state index >= 15 is 0 Å². The Bertz CT molecular complexity index is 1240. The van der Waals surface area contributed by atoms with E-state index in [0.29, 0.717) is 0 Å². The van der Waals surface area contributed by atoms with E-state index in [-0.39, 0.29) is 33.6 Å². The lowest BCUT2D eigenvalue weighted by molar-refractivity contribution is -0.138. The van der Waals surface area contributed by atoms with Gasteiger partial charge in [0.2, 0.25) is 11.3 Å². The minimum Gasteiger partial charge on any atom is -0.425 e. The Balaban J connectivity index is 2.11. The van der Waals surface area contributed by atoms with Gasteiger partial charge in [0.25, 0.3) is 5.95 Å². The third-order valence-corrected chi connectivity index (χ3v) is 4.54. The van der Waals surface area contributed by atoms with Crippen molar-refractivity contribution in [2.45, 2.75) is 12.1 Å². The first-order valence-corrected chi connectivity index (χ1v) is 8.12. The molecule has 4 rings (SSSR count). The van der Waals surface area contributed by atoms with Crippen LogP contribution in [0.2, 0.25) is 0 Å². The summed E-state index contributed by atoms with van der Waals surface area (Å²) in [4.78, 5) is 13.1. The predicted molar refractivity (Wildman–Crippen MR) is 93.2 cm³/mol. The second-order valence-electron chi connectivity index (χ2n) is 6.14. The molecule has 1 unspecified atom stereocenters. The fourth-order valence-corrected chi connectivity index (χ4v) is 3.34. The van der Waals surface area contributed by atoms with E-state index in [2.05, 4.69) is 0 Å². The Labute approximate surface area is 156 Å². The lowest BCUT2D eigenvalue weighted by Gasteiger charge is -2.26. The second-order valence-corrected chi connectivity index (χ2v) is 6.14. The van der Waals surface area contributed by atoms with Crippen LogP contribution >= 0.6 is 0 Å². The number of ether oxygens (including phenoxy) is 1. The van der Waals surface area contributed by atoms with Crippen LogP contribution < -0.4 is 15.9 Å². The van der Waals surface area contributed by atoms with E-state index in [4.69, 9.17) is 14.9 Å². The van der Waals surface area contributed by atoms with Crippen molar-refractivity contribution in [2.75, 3.05) is 0 Å². The smallest absolute Gasteiger partial charge is 0.416 e. The van der Waals surface area contributed by atoms with Gasteiger partial charge >= 0.3 is 6.18 Å². The maximum absolute atomic E-state index is 13.6. The predicted octanol–water partition coefficient (Wildman–Crippen LogP) is 4.03. The first-order chi connectivity index (χ1) is 13.3. The van der Waals surface area contributed by atoms with E-state index in [9.17, 15) is 23.2 Å². The summed E-state index contributed by atoms with van der Waals surface area (Å²) in [5.41, 5.74) is 3.66. The Morgan fingerprint density at radius 2 is 1.75 bits per heavy atom. The van der Waals surface area contributed by atoms with Crippen LogP contribution in [0.1, 0.15) is 22.6 Å². The molecule has 2 aromatic carbocycles. The molecule has 1 aliphatic rings. The summed E-state index contributed by atoms with van der Waals surface area (Å²) < 4.78 is 51.7. The van der Waals surface area contributed by atoms with Gasteiger partial charge in [-0.05, 0) is 23.8 Å². The molecule has 0 amide bonds. The summed E-state index contributed by atoms with van der Waals surface area (Å²) >= 11 is 0. The average Bonchev–Trinajstić information content (AvgIpc) is 2.66. The van der Waals surface area contributed by atoms with Gasteiger partial charge in [0.15, 0.2) is 0 Å². The molecule has 3 aromatic rings. The number of nitrogens with zero attached hydrogens (tertiary/aromatic N) is 1. The topological polar surface area (TPSA) is 89.2 Å². The molecule has 5 nitrogen and oxygen atoms in total. The number of nitrogens with two attached hydrogens (primary N) is 1. The zero-order chi connectivity index (χ0) is 20.1. The summed E-state index contributed by atoms with van der Waals surface area (Å²) in [6.07, 6.45) is -4.69. The number of halogens is 3. The number of rotatable bonds is 1. The lowest BCUT2D eigenvalue weighted by atomic mass is 9.82. The standard InChI is InChI=1S/C20H11F3N2O3/c21-20(22,23)13-7-3-1-5-10(13)15-12(9-24)18(25)28-19-16(15)17(26)11-6-2-4-8-14(11)27-19/h1-8,15H,25H2. The van der Waals surface area contributed by atoms with Gasteiger partial charge in [-0.2, -0.15) is 18.4 Å². The van der Waals surface area contributed by atoms with Crippen LogP contribution in [0.3, 0.4) is 0 Å². The van der Waals surface area contributed by atoms with E-state index in [0.717, 1.165) is 6.07 Å². The number of fused-ring (bicyclic) bond motifs is 2. The summed E-state index contributed by atoms with van der Waals surface area (Å²) in [5, 5.41) is 9.70. The molecule has 0 radical (unpaired) electrons. The van der Waals surface area contributed by atoms with Gasteiger partial charge in [0, 0.05) is 0 Å². The number of hydrogen-bond acceptors (Lipinski definition) is 5. The minimum absolute atomic E-state index is 0.164. The van der Waals surface area contributed by atoms with Gasteiger partial charge in [-0.3, -0.25) is 4.79 Å². The van der Waals surface area contributed by atoms with Crippen LogP contribution in [0, 0.1) is 11.3 Å². The molecule has 1 atom stereocenters. The lowest BCUT2D eigenvalue weighted by Crippen LogP contribution is -2.28. The summed E-state index contributed by atoms with van der Waals surface area (Å²) in [5.74, 6) is -2.09. The Kier molecular flexibility index (Phi) is 3.89.